The van der Waals surface area contributed by atoms with Crippen molar-refractivity contribution in [3.05, 3.63) is 72.8 Å². The number of benzene rings is 1. The summed E-state index contributed by atoms with van der Waals surface area (Å²) >= 11 is 7.03. The van der Waals surface area contributed by atoms with Gasteiger partial charge in [-0.05, 0) is 43.7 Å². The third-order valence-corrected chi connectivity index (χ3v) is 6.15. The van der Waals surface area contributed by atoms with E-state index in [1.165, 1.54) is 42.7 Å². The Morgan fingerprint density at radius 3 is 2.67 bits per heavy atom. The van der Waals surface area contributed by atoms with Gasteiger partial charge in [0.15, 0.2) is 0 Å². The number of ether oxygens (including phenoxy) is 1. The molecule has 168 valence electrons. The zero-order chi connectivity index (χ0) is 24.3. The van der Waals surface area contributed by atoms with Gasteiger partial charge >= 0.3 is 5.97 Å². The first-order valence-electron chi connectivity index (χ1n) is 9.31. The molecule has 0 bridgehead atoms. The van der Waals surface area contributed by atoms with Crippen LogP contribution in [0.4, 0.5) is 10.7 Å². The van der Waals surface area contributed by atoms with Gasteiger partial charge in [0.25, 0.3) is 11.6 Å². The van der Waals surface area contributed by atoms with Crippen LogP contribution < -0.4 is 5.32 Å². The van der Waals surface area contributed by atoms with Crippen LogP contribution in [0.5, 0.6) is 0 Å². The highest BCUT2D eigenvalue weighted by molar-refractivity contribution is 7.16. The second kappa shape index (κ2) is 9.68. The van der Waals surface area contributed by atoms with Gasteiger partial charge in [-0.25, -0.2) is 4.79 Å². The number of hydrogen-bond acceptors (Lipinski definition) is 8. The third-order valence-electron chi connectivity index (χ3n) is 4.71. The number of anilines is 1. The second-order valence-electron chi connectivity index (χ2n) is 6.73. The normalized spacial score (nSPS) is 11.1. The number of methoxy groups -OCH3 is 1. The van der Waals surface area contributed by atoms with Crippen LogP contribution >= 0.6 is 22.9 Å². The molecule has 0 aliphatic rings. The standard InChI is InChI=1S/C22H16ClN3O6S/c1-11-12(2)33-21(19(11)22(28)31-3)25-20(27)14(10-24)8-15-5-7-18(32-15)13-4-6-16(23)17(9-13)26(29)30/h4-9H,1-3H3,(H,25,27)/b14-8+. The van der Waals surface area contributed by atoms with Gasteiger partial charge in [-0.15, -0.1) is 11.3 Å². The van der Waals surface area contributed by atoms with Gasteiger partial charge < -0.3 is 14.5 Å². The molecule has 0 spiro atoms. The summed E-state index contributed by atoms with van der Waals surface area (Å²) in [6.07, 6.45) is 1.23. The Balaban J connectivity index is 1.88. The molecule has 0 saturated carbocycles. The van der Waals surface area contributed by atoms with E-state index in [1.54, 1.807) is 32.0 Å². The fourth-order valence-electron chi connectivity index (χ4n) is 2.92. The molecule has 0 saturated heterocycles. The van der Waals surface area contributed by atoms with E-state index in [-0.39, 0.29) is 38.4 Å². The molecule has 9 nitrogen and oxygen atoms in total. The van der Waals surface area contributed by atoms with Crippen molar-refractivity contribution in [1.82, 2.24) is 0 Å². The van der Waals surface area contributed by atoms with Gasteiger partial charge in [0, 0.05) is 22.6 Å². The number of nitro groups is 1. The Labute approximate surface area is 197 Å². The molecule has 1 amide bonds. The van der Waals surface area contributed by atoms with Crippen LogP contribution in [0.15, 0.2) is 40.3 Å². The summed E-state index contributed by atoms with van der Waals surface area (Å²) in [4.78, 5) is 36.1. The topological polar surface area (TPSA) is 135 Å². The van der Waals surface area contributed by atoms with Gasteiger partial charge in [0.05, 0.1) is 17.6 Å². The molecule has 0 aliphatic carbocycles. The van der Waals surface area contributed by atoms with E-state index < -0.39 is 16.8 Å². The lowest BCUT2D eigenvalue weighted by Gasteiger charge is -2.05. The Hall–Kier alpha value is -3.94. The van der Waals surface area contributed by atoms with Crippen LogP contribution in [0.2, 0.25) is 5.02 Å². The number of nitriles is 1. The zero-order valence-corrected chi connectivity index (χ0v) is 19.2. The number of thiophene rings is 1. The van der Waals surface area contributed by atoms with Crippen LogP contribution in [0.3, 0.4) is 0 Å². The average Bonchev–Trinajstić information content (AvgIpc) is 3.35. The van der Waals surface area contributed by atoms with E-state index in [9.17, 15) is 25.0 Å². The van der Waals surface area contributed by atoms with Crippen molar-refractivity contribution >= 4 is 51.6 Å². The van der Waals surface area contributed by atoms with Crippen LogP contribution in [-0.4, -0.2) is 23.9 Å². The van der Waals surface area contributed by atoms with Crippen molar-refractivity contribution in [2.75, 3.05) is 12.4 Å². The van der Waals surface area contributed by atoms with E-state index in [0.717, 1.165) is 4.88 Å². The zero-order valence-electron chi connectivity index (χ0n) is 17.6. The molecule has 0 atom stereocenters. The van der Waals surface area contributed by atoms with Crippen molar-refractivity contribution in [1.29, 1.82) is 5.26 Å². The van der Waals surface area contributed by atoms with Crippen LogP contribution in [-0.2, 0) is 9.53 Å². The van der Waals surface area contributed by atoms with Gasteiger partial charge in [-0.3, -0.25) is 14.9 Å². The maximum Gasteiger partial charge on any atom is 0.341 e. The number of nitrogens with one attached hydrogen (secondary N) is 1. The number of nitrogens with zero attached hydrogens (tertiary/aromatic N) is 2. The molecule has 1 N–H and O–H groups in total. The number of nitro benzene ring substituents is 1. The van der Waals surface area contributed by atoms with Crippen molar-refractivity contribution < 1.29 is 23.7 Å². The maximum atomic E-state index is 12.7. The van der Waals surface area contributed by atoms with Crippen LogP contribution in [0, 0.1) is 35.3 Å². The molecule has 3 aromatic rings. The fourth-order valence-corrected chi connectivity index (χ4v) is 4.15. The van der Waals surface area contributed by atoms with E-state index in [1.807, 2.05) is 0 Å². The highest BCUT2D eigenvalue weighted by Crippen LogP contribution is 2.34. The third kappa shape index (κ3) is 4.95. The SMILES string of the molecule is COC(=O)c1c(NC(=O)/C(C#N)=C/c2ccc(-c3ccc(Cl)c([N+](=O)[O-])c3)o2)sc(C)c1C. The molecule has 0 radical (unpaired) electrons. The summed E-state index contributed by atoms with van der Waals surface area (Å²) in [5.41, 5.74) is 0.772. The minimum absolute atomic E-state index is 0.00997. The Morgan fingerprint density at radius 1 is 1.30 bits per heavy atom. The van der Waals surface area contributed by atoms with Crippen LogP contribution in [0.25, 0.3) is 17.4 Å². The number of carbonyl (C=O) groups is 2. The quantitative estimate of drug-likeness (QED) is 0.159. The van der Waals surface area contributed by atoms with Crippen molar-refractivity contribution in [3.63, 3.8) is 0 Å². The Bertz CT molecular complexity index is 1350. The molecule has 0 aliphatic heterocycles. The monoisotopic (exact) mass is 485 g/mol. The highest BCUT2D eigenvalue weighted by Gasteiger charge is 2.23. The Kier molecular flexibility index (Phi) is 6.96. The molecule has 3 rings (SSSR count). The molecule has 11 heteroatoms. The van der Waals surface area contributed by atoms with Gasteiger partial charge in [-0.2, -0.15) is 5.26 Å². The lowest BCUT2D eigenvalue weighted by molar-refractivity contribution is -0.384. The number of rotatable bonds is 6. The maximum absolute atomic E-state index is 12.7. The summed E-state index contributed by atoms with van der Waals surface area (Å²) < 4.78 is 10.4. The number of amides is 1. The fraction of sp³-hybridized carbons (Fsp3) is 0.136. The first kappa shape index (κ1) is 23.7. The predicted molar refractivity (Wildman–Crippen MR) is 123 cm³/mol. The molecular formula is C22H16ClN3O6S. The molecule has 1 aromatic carbocycles. The predicted octanol–water partition coefficient (Wildman–Crippen LogP) is 5.52. The summed E-state index contributed by atoms with van der Waals surface area (Å²) in [7, 11) is 1.24. The van der Waals surface area contributed by atoms with Crippen LogP contribution in [0.1, 0.15) is 26.6 Å². The number of halogens is 1. The Morgan fingerprint density at radius 2 is 2.03 bits per heavy atom. The van der Waals surface area contributed by atoms with E-state index in [2.05, 4.69) is 5.32 Å². The van der Waals surface area contributed by atoms with E-state index in [4.69, 9.17) is 20.8 Å². The summed E-state index contributed by atoms with van der Waals surface area (Å²) in [5, 5.41) is 23.4. The van der Waals surface area contributed by atoms with E-state index >= 15 is 0 Å². The number of hydrogen-bond donors (Lipinski definition) is 1. The van der Waals surface area contributed by atoms with Gasteiger partial charge in [0.1, 0.15) is 33.2 Å². The molecule has 0 unspecified atom stereocenters. The van der Waals surface area contributed by atoms with Gasteiger partial charge in [-0.1, -0.05) is 11.6 Å². The largest absolute Gasteiger partial charge is 0.465 e. The number of furan rings is 1. The average molecular weight is 486 g/mol. The summed E-state index contributed by atoms with van der Waals surface area (Å²) in [6, 6.07) is 9.07. The minimum Gasteiger partial charge on any atom is -0.465 e. The molecular weight excluding hydrogens is 470 g/mol. The molecule has 0 fully saturated rings. The second-order valence-corrected chi connectivity index (χ2v) is 8.36. The molecule has 2 aromatic heterocycles. The van der Waals surface area contributed by atoms with Crippen molar-refractivity contribution in [2.24, 2.45) is 0 Å². The molecule has 33 heavy (non-hydrogen) atoms. The van der Waals surface area contributed by atoms with Crippen molar-refractivity contribution in [2.45, 2.75) is 13.8 Å². The first-order chi connectivity index (χ1) is 15.7. The smallest absolute Gasteiger partial charge is 0.341 e. The lowest BCUT2D eigenvalue weighted by Crippen LogP contribution is -2.15. The van der Waals surface area contributed by atoms with E-state index in [0.29, 0.717) is 11.1 Å². The number of carbonyl (C=O) groups excluding carboxylic acids is 2. The summed E-state index contributed by atoms with van der Waals surface area (Å²) in [5.74, 6) is -0.858. The number of esters is 1. The lowest BCUT2D eigenvalue weighted by atomic mass is 10.1. The molecule has 2 heterocycles. The first-order valence-corrected chi connectivity index (χ1v) is 10.5. The number of aryl methyl sites for hydroxylation is 1. The van der Waals surface area contributed by atoms with Crippen molar-refractivity contribution in [3.8, 4) is 17.4 Å². The highest BCUT2D eigenvalue weighted by atomic mass is 35.5. The summed E-state index contributed by atoms with van der Waals surface area (Å²) in [6.45, 7) is 3.54. The minimum atomic E-state index is -0.732. The van der Waals surface area contributed by atoms with Gasteiger partial charge in [0.2, 0.25) is 0 Å².